The molecular weight excluding hydrogens is 361 g/mol. The highest BCUT2D eigenvalue weighted by Crippen LogP contribution is 2.29. The Morgan fingerprint density at radius 2 is 1.88 bits per heavy atom. The molecule has 0 aromatic heterocycles. The Hall–Kier alpha value is -2.74. The number of benzene rings is 2. The zero-order valence-corrected chi connectivity index (χ0v) is 15.1. The second-order valence-electron chi connectivity index (χ2n) is 4.99. The summed E-state index contributed by atoms with van der Waals surface area (Å²) >= 11 is 1.01. The molecule has 0 saturated carbocycles. The van der Waals surface area contributed by atoms with Crippen molar-refractivity contribution in [3.8, 4) is 11.5 Å². The fourth-order valence-corrected chi connectivity index (χ4v) is 2.71. The van der Waals surface area contributed by atoms with Crippen LogP contribution in [0.5, 0.6) is 11.5 Å². The maximum atomic E-state index is 13.5. The summed E-state index contributed by atoms with van der Waals surface area (Å²) in [5.74, 6) is -0.641. The summed E-state index contributed by atoms with van der Waals surface area (Å²) in [6.45, 7) is -0.453. The van der Waals surface area contributed by atoms with Gasteiger partial charge in [-0.1, -0.05) is 12.1 Å². The van der Waals surface area contributed by atoms with Gasteiger partial charge in [-0.2, -0.15) is 0 Å². The van der Waals surface area contributed by atoms with E-state index < -0.39 is 24.3 Å². The molecule has 8 heteroatoms. The van der Waals surface area contributed by atoms with E-state index in [1.54, 1.807) is 36.4 Å². The quantitative estimate of drug-likeness (QED) is 0.561. The molecule has 0 heterocycles. The fourth-order valence-electron chi connectivity index (χ4n) is 1.97. The lowest BCUT2D eigenvalue weighted by molar-refractivity contribution is -0.144. The smallest absolute Gasteiger partial charge is 0.316 e. The minimum absolute atomic E-state index is 0.0972. The number of hydrogen-bond acceptors (Lipinski definition) is 6. The number of anilines is 1. The van der Waals surface area contributed by atoms with E-state index in [4.69, 9.17) is 14.2 Å². The maximum absolute atomic E-state index is 13.5. The second-order valence-corrected chi connectivity index (χ2v) is 6.01. The summed E-state index contributed by atoms with van der Waals surface area (Å²) in [6, 6.07) is 11.0. The van der Waals surface area contributed by atoms with Gasteiger partial charge in [0.05, 0.1) is 25.7 Å². The number of halogens is 1. The van der Waals surface area contributed by atoms with Crippen LogP contribution in [0.4, 0.5) is 10.1 Å². The number of methoxy groups -OCH3 is 2. The highest BCUT2D eigenvalue weighted by atomic mass is 32.2. The monoisotopic (exact) mass is 379 g/mol. The zero-order valence-electron chi connectivity index (χ0n) is 14.3. The minimum atomic E-state index is -0.616. The van der Waals surface area contributed by atoms with Crippen molar-refractivity contribution in [2.24, 2.45) is 0 Å². The summed E-state index contributed by atoms with van der Waals surface area (Å²) in [4.78, 5) is 24.0. The molecule has 26 heavy (non-hydrogen) atoms. The molecule has 0 saturated heterocycles. The Morgan fingerprint density at radius 3 is 2.58 bits per heavy atom. The molecule has 2 aromatic carbocycles. The van der Waals surface area contributed by atoms with E-state index in [0.717, 1.165) is 11.8 Å². The molecule has 0 radical (unpaired) electrons. The van der Waals surface area contributed by atoms with Crippen LogP contribution in [0.15, 0.2) is 47.4 Å². The normalized spacial score (nSPS) is 10.1. The summed E-state index contributed by atoms with van der Waals surface area (Å²) in [5, 5.41) is 2.59. The molecule has 0 spiro atoms. The van der Waals surface area contributed by atoms with Crippen molar-refractivity contribution in [2.75, 3.05) is 31.9 Å². The number of amides is 1. The van der Waals surface area contributed by atoms with Gasteiger partial charge in [-0.15, -0.1) is 11.8 Å². The first-order valence-corrected chi connectivity index (χ1v) is 8.57. The predicted molar refractivity (Wildman–Crippen MR) is 96.3 cm³/mol. The third-order valence-electron chi connectivity index (χ3n) is 3.23. The van der Waals surface area contributed by atoms with Crippen LogP contribution >= 0.6 is 11.8 Å². The van der Waals surface area contributed by atoms with Gasteiger partial charge in [-0.25, -0.2) is 4.39 Å². The Morgan fingerprint density at radius 1 is 1.12 bits per heavy atom. The van der Waals surface area contributed by atoms with Crippen molar-refractivity contribution in [1.82, 2.24) is 0 Å². The highest BCUT2D eigenvalue weighted by molar-refractivity contribution is 8.00. The molecule has 0 bridgehead atoms. The van der Waals surface area contributed by atoms with Crippen LogP contribution in [0.1, 0.15) is 0 Å². The first-order chi connectivity index (χ1) is 12.5. The number of rotatable bonds is 8. The number of ether oxygens (including phenoxy) is 3. The van der Waals surface area contributed by atoms with Crippen LogP contribution in [0.3, 0.4) is 0 Å². The Labute approximate surface area is 154 Å². The molecule has 1 N–H and O–H groups in total. The maximum Gasteiger partial charge on any atom is 0.316 e. The number of thioether (sulfide) groups is 1. The van der Waals surface area contributed by atoms with Crippen molar-refractivity contribution in [3.63, 3.8) is 0 Å². The van der Waals surface area contributed by atoms with Gasteiger partial charge in [0.25, 0.3) is 5.91 Å². The van der Waals surface area contributed by atoms with E-state index >= 15 is 0 Å². The van der Waals surface area contributed by atoms with Crippen LogP contribution in [-0.4, -0.2) is 38.5 Å². The van der Waals surface area contributed by atoms with Crippen LogP contribution in [0.2, 0.25) is 0 Å². The van der Waals surface area contributed by atoms with Crippen LogP contribution in [0, 0.1) is 5.82 Å². The van der Waals surface area contributed by atoms with Gasteiger partial charge >= 0.3 is 5.97 Å². The molecule has 1 amide bonds. The standard InChI is InChI=1S/C18H18FNO5S/c1-23-12-7-8-14(15(9-12)24-2)20-17(21)10-25-18(22)11-26-16-6-4-3-5-13(16)19/h3-9H,10-11H2,1-2H3,(H,20,21). The topological polar surface area (TPSA) is 73.9 Å². The van der Waals surface area contributed by atoms with Gasteiger partial charge < -0.3 is 19.5 Å². The Kier molecular flexibility index (Phi) is 7.28. The van der Waals surface area contributed by atoms with Crippen molar-refractivity contribution < 1.29 is 28.2 Å². The molecule has 6 nitrogen and oxygen atoms in total. The number of nitrogens with one attached hydrogen (secondary N) is 1. The van der Waals surface area contributed by atoms with E-state index in [1.807, 2.05) is 0 Å². The third kappa shape index (κ3) is 5.66. The fraction of sp³-hybridized carbons (Fsp3) is 0.222. The Balaban J connectivity index is 1.81. The lowest BCUT2D eigenvalue weighted by Crippen LogP contribution is -2.22. The van der Waals surface area contributed by atoms with E-state index in [1.165, 1.54) is 20.3 Å². The number of hydrogen-bond donors (Lipinski definition) is 1. The lowest BCUT2D eigenvalue weighted by atomic mass is 10.2. The number of carbonyl (C=O) groups excluding carboxylic acids is 2. The van der Waals surface area contributed by atoms with E-state index in [9.17, 15) is 14.0 Å². The second kappa shape index (κ2) is 9.67. The van der Waals surface area contributed by atoms with Gasteiger partial charge in [-0.05, 0) is 24.3 Å². The summed E-state index contributed by atoms with van der Waals surface area (Å²) in [6.07, 6.45) is 0. The molecule has 0 atom stereocenters. The largest absolute Gasteiger partial charge is 0.497 e. The molecule has 2 rings (SSSR count). The van der Waals surface area contributed by atoms with E-state index in [0.29, 0.717) is 22.1 Å². The average Bonchev–Trinajstić information content (AvgIpc) is 2.66. The van der Waals surface area contributed by atoms with Crippen LogP contribution in [-0.2, 0) is 14.3 Å². The zero-order chi connectivity index (χ0) is 18.9. The summed E-state index contributed by atoms with van der Waals surface area (Å²) < 4.78 is 28.6. The van der Waals surface area contributed by atoms with Gasteiger partial charge in [0.1, 0.15) is 17.3 Å². The summed E-state index contributed by atoms with van der Waals surface area (Å²) in [7, 11) is 2.98. The van der Waals surface area contributed by atoms with Crippen molar-refractivity contribution in [2.45, 2.75) is 4.90 Å². The molecule has 0 unspecified atom stereocenters. The molecule has 0 fully saturated rings. The van der Waals surface area contributed by atoms with Gasteiger partial charge in [-0.3, -0.25) is 9.59 Å². The molecule has 0 aliphatic heterocycles. The van der Waals surface area contributed by atoms with E-state index in [-0.39, 0.29) is 5.75 Å². The first kappa shape index (κ1) is 19.6. The lowest BCUT2D eigenvalue weighted by Gasteiger charge is -2.11. The molecule has 2 aromatic rings. The Bertz CT molecular complexity index is 784. The van der Waals surface area contributed by atoms with E-state index in [2.05, 4.69) is 5.32 Å². The van der Waals surface area contributed by atoms with Crippen LogP contribution in [0.25, 0.3) is 0 Å². The molecular formula is C18H18FNO5S. The SMILES string of the molecule is COc1ccc(NC(=O)COC(=O)CSc2ccccc2F)c(OC)c1. The minimum Gasteiger partial charge on any atom is -0.497 e. The third-order valence-corrected chi connectivity index (χ3v) is 4.25. The highest BCUT2D eigenvalue weighted by Gasteiger charge is 2.12. The number of carbonyl (C=O) groups is 2. The van der Waals surface area contributed by atoms with Crippen LogP contribution < -0.4 is 14.8 Å². The summed E-state index contributed by atoms with van der Waals surface area (Å²) in [5.41, 5.74) is 0.426. The van der Waals surface area contributed by atoms with Gasteiger partial charge in [0.15, 0.2) is 6.61 Å². The molecule has 138 valence electrons. The van der Waals surface area contributed by atoms with Gasteiger partial charge in [0, 0.05) is 11.0 Å². The average molecular weight is 379 g/mol. The predicted octanol–water partition coefficient (Wildman–Crippen LogP) is 3.12. The molecule has 0 aliphatic rings. The van der Waals surface area contributed by atoms with Crippen molar-refractivity contribution in [1.29, 1.82) is 0 Å². The molecule has 0 aliphatic carbocycles. The van der Waals surface area contributed by atoms with Crippen molar-refractivity contribution >= 4 is 29.3 Å². The first-order valence-electron chi connectivity index (χ1n) is 7.58. The number of esters is 1. The van der Waals surface area contributed by atoms with Gasteiger partial charge in [0.2, 0.25) is 0 Å². The van der Waals surface area contributed by atoms with Crippen molar-refractivity contribution in [3.05, 3.63) is 48.3 Å².